The zero-order valence-corrected chi connectivity index (χ0v) is 18.1. The molecule has 1 aromatic carbocycles. The second-order valence-electron chi connectivity index (χ2n) is 7.38. The van der Waals surface area contributed by atoms with Crippen LogP contribution in [0.25, 0.3) is 11.1 Å². The van der Waals surface area contributed by atoms with Gasteiger partial charge in [0.25, 0.3) is 0 Å². The Labute approximate surface area is 188 Å². The average Bonchev–Trinajstić information content (AvgIpc) is 3.36. The van der Waals surface area contributed by atoms with Crippen LogP contribution in [-0.4, -0.2) is 26.7 Å². The van der Waals surface area contributed by atoms with Gasteiger partial charge in [0.1, 0.15) is 11.9 Å². The lowest BCUT2D eigenvalue weighted by atomic mass is 10.1. The maximum Gasteiger partial charge on any atom is 0.220 e. The molecule has 1 saturated heterocycles. The fourth-order valence-corrected chi connectivity index (χ4v) is 4.20. The lowest BCUT2D eigenvalue weighted by Crippen LogP contribution is -2.29. The Balaban J connectivity index is 1.54. The minimum atomic E-state index is -0.663. The summed E-state index contributed by atoms with van der Waals surface area (Å²) in [5, 5.41) is 7.48. The molecule has 3 N–H and O–H groups in total. The number of nitrogens with two attached hydrogens (primary N) is 1. The van der Waals surface area contributed by atoms with Crippen LogP contribution in [0.1, 0.15) is 31.4 Å². The number of pyridine rings is 1. The SMILES string of the molecule is CC(Oc1cc(-c2cnn(CC3CCC(=O)N3)c2)cnc1N)c1c(Cl)ccc(F)c1Cl. The molecular weight excluding hydrogens is 444 g/mol. The Hall–Kier alpha value is -2.84. The van der Waals surface area contributed by atoms with Gasteiger partial charge in [-0.25, -0.2) is 9.37 Å². The number of nitrogens with zero attached hydrogens (tertiary/aromatic N) is 3. The van der Waals surface area contributed by atoms with Gasteiger partial charge in [-0.3, -0.25) is 9.48 Å². The van der Waals surface area contributed by atoms with Crippen molar-refractivity contribution < 1.29 is 13.9 Å². The van der Waals surface area contributed by atoms with Crippen molar-refractivity contribution in [1.29, 1.82) is 0 Å². The first kappa shape index (κ1) is 21.4. The van der Waals surface area contributed by atoms with E-state index in [1.807, 2.05) is 6.20 Å². The Morgan fingerprint density at radius 2 is 2.16 bits per heavy atom. The van der Waals surface area contributed by atoms with Crippen molar-refractivity contribution in [2.45, 2.75) is 38.5 Å². The largest absolute Gasteiger partial charge is 0.482 e. The van der Waals surface area contributed by atoms with Crippen LogP contribution in [0, 0.1) is 5.82 Å². The van der Waals surface area contributed by atoms with E-state index < -0.39 is 11.9 Å². The molecule has 10 heteroatoms. The van der Waals surface area contributed by atoms with Crippen LogP contribution in [-0.2, 0) is 11.3 Å². The zero-order chi connectivity index (χ0) is 22.1. The number of nitrogens with one attached hydrogen (secondary N) is 1. The molecule has 0 spiro atoms. The second-order valence-corrected chi connectivity index (χ2v) is 8.16. The normalized spacial score (nSPS) is 16.9. The molecule has 1 aliphatic rings. The highest BCUT2D eigenvalue weighted by Gasteiger charge is 2.22. The first-order valence-corrected chi connectivity index (χ1v) is 10.4. The van der Waals surface area contributed by atoms with E-state index >= 15 is 0 Å². The van der Waals surface area contributed by atoms with Gasteiger partial charge in [-0.1, -0.05) is 23.2 Å². The van der Waals surface area contributed by atoms with E-state index in [9.17, 15) is 9.18 Å². The number of anilines is 1. The van der Waals surface area contributed by atoms with Crippen molar-refractivity contribution in [3.05, 3.63) is 58.2 Å². The lowest BCUT2D eigenvalue weighted by molar-refractivity contribution is -0.119. The number of rotatable bonds is 6. The van der Waals surface area contributed by atoms with Gasteiger partial charge in [0.2, 0.25) is 5.91 Å². The van der Waals surface area contributed by atoms with Gasteiger partial charge in [-0.2, -0.15) is 5.10 Å². The highest BCUT2D eigenvalue weighted by Crippen LogP contribution is 2.36. The zero-order valence-electron chi connectivity index (χ0n) is 16.6. The van der Waals surface area contributed by atoms with Crippen LogP contribution in [0.3, 0.4) is 0 Å². The van der Waals surface area contributed by atoms with Crippen LogP contribution in [0.15, 0.2) is 36.8 Å². The van der Waals surface area contributed by atoms with E-state index in [0.29, 0.717) is 29.3 Å². The summed E-state index contributed by atoms with van der Waals surface area (Å²) >= 11 is 12.3. The van der Waals surface area contributed by atoms with E-state index in [0.717, 1.165) is 17.5 Å². The Morgan fingerprint density at radius 1 is 1.35 bits per heavy atom. The number of hydrogen-bond acceptors (Lipinski definition) is 5. The Kier molecular flexibility index (Phi) is 6.02. The van der Waals surface area contributed by atoms with E-state index in [1.165, 1.54) is 12.1 Å². The van der Waals surface area contributed by atoms with Crippen molar-refractivity contribution in [2.24, 2.45) is 0 Å². The first-order chi connectivity index (χ1) is 14.8. The van der Waals surface area contributed by atoms with Gasteiger partial charge in [0.05, 0.1) is 17.8 Å². The number of nitrogen functional groups attached to an aromatic ring is 1. The molecule has 0 radical (unpaired) electrons. The molecule has 7 nitrogen and oxygen atoms in total. The minimum Gasteiger partial charge on any atom is -0.482 e. The maximum absolute atomic E-state index is 13.9. The third kappa shape index (κ3) is 4.60. The van der Waals surface area contributed by atoms with Crippen molar-refractivity contribution in [3.63, 3.8) is 0 Å². The van der Waals surface area contributed by atoms with Crippen molar-refractivity contribution in [3.8, 4) is 16.9 Å². The molecule has 4 rings (SSSR count). The van der Waals surface area contributed by atoms with E-state index in [1.54, 1.807) is 30.1 Å². The molecule has 0 saturated carbocycles. The molecule has 162 valence electrons. The molecular formula is C21H20Cl2FN5O2. The van der Waals surface area contributed by atoms with Gasteiger partial charge in [0.15, 0.2) is 11.6 Å². The van der Waals surface area contributed by atoms with Crippen LogP contribution < -0.4 is 15.8 Å². The summed E-state index contributed by atoms with van der Waals surface area (Å²) in [5.41, 5.74) is 7.88. The number of halogens is 3. The minimum absolute atomic E-state index is 0.0644. The quantitative estimate of drug-likeness (QED) is 0.528. The monoisotopic (exact) mass is 463 g/mol. The van der Waals surface area contributed by atoms with Crippen molar-refractivity contribution in [1.82, 2.24) is 20.1 Å². The predicted molar refractivity (Wildman–Crippen MR) is 116 cm³/mol. The summed E-state index contributed by atoms with van der Waals surface area (Å²) in [6.07, 6.45) is 5.86. The highest BCUT2D eigenvalue weighted by atomic mass is 35.5. The van der Waals surface area contributed by atoms with Gasteiger partial charge < -0.3 is 15.8 Å². The van der Waals surface area contributed by atoms with Crippen molar-refractivity contribution >= 4 is 34.9 Å². The molecule has 1 fully saturated rings. The van der Waals surface area contributed by atoms with Gasteiger partial charge in [0, 0.05) is 46.6 Å². The smallest absolute Gasteiger partial charge is 0.220 e. The number of hydrogen-bond donors (Lipinski definition) is 2. The molecule has 3 heterocycles. The van der Waals surface area contributed by atoms with Crippen LogP contribution in [0.5, 0.6) is 5.75 Å². The summed E-state index contributed by atoms with van der Waals surface area (Å²) in [5.74, 6) is -0.0192. The molecule has 3 aromatic rings. The van der Waals surface area contributed by atoms with Gasteiger partial charge in [-0.15, -0.1) is 0 Å². The Bertz CT molecular complexity index is 1140. The van der Waals surface area contributed by atoms with E-state index in [2.05, 4.69) is 15.4 Å². The maximum atomic E-state index is 13.9. The highest BCUT2D eigenvalue weighted by molar-refractivity contribution is 6.36. The van der Waals surface area contributed by atoms with Gasteiger partial charge >= 0.3 is 0 Å². The predicted octanol–water partition coefficient (Wildman–Crippen LogP) is 4.39. The summed E-state index contributed by atoms with van der Waals surface area (Å²) in [6, 6.07) is 4.44. The van der Waals surface area contributed by atoms with Crippen LogP contribution in [0.2, 0.25) is 10.0 Å². The third-order valence-corrected chi connectivity index (χ3v) is 5.84. The third-order valence-electron chi connectivity index (χ3n) is 5.13. The van der Waals surface area contributed by atoms with E-state index in [-0.39, 0.29) is 22.8 Å². The molecule has 0 bridgehead atoms. The topological polar surface area (TPSA) is 95.1 Å². The number of amides is 1. The second kappa shape index (κ2) is 8.72. The standard InChI is InChI=1S/C21H20Cl2FN5O2/c1-11(19-15(22)3-4-16(24)20(19)23)31-17-6-12(7-26-21(17)25)13-8-27-29(9-13)10-14-2-5-18(30)28-14/h3-4,6-9,11,14H,2,5,10H2,1H3,(H2,25,26)(H,28,30). The molecule has 2 unspecified atom stereocenters. The lowest BCUT2D eigenvalue weighted by Gasteiger charge is -2.19. The number of carbonyl (C=O) groups is 1. The molecule has 1 aliphatic heterocycles. The average molecular weight is 464 g/mol. The molecule has 31 heavy (non-hydrogen) atoms. The molecule has 1 amide bonds. The summed E-state index contributed by atoms with van der Waals surface area (Å²) in [7, 11) is 0. The fraction of sp³-hybridized carbons (Fsp3) is 0.286. The summed E-state index contributed by atoms with van der Waals surface area (Å²) in [4.78, 5) is 15.6. The number of ether oxygens (including phenoxy) is 1. The van der Waals surface area contributed by atoms with Crippen LogP contribution >= 0.6 is 23.2 Å². The first-order valence-electron chi connectivity index (χ1n) is 9.69. The number of aromatic nitrogens is 3. The molecule has 0 aliphatic carbocycles. The number of carbonyl (C=O) groups excluding carboxylic acids is 1. The summed E-state index contributed by atoms with van der Waals surface area (Å²) in [6.45, 7) is 2.29. The number of benzene rings is 1. The summed E-state index contributed by atoms with van der Waals surface area (Å²) < 4.78 is 21.6. The molecule has 2 atom stereocenters. The van der Waals surface area contributed by atoms with E-state index in [4.69, 9.17) is 33.7 Å². The fourth-order valence-electron chi connectivity index (χ4n) is 3.52. The van der Waals surface area contributed by atoms with Gasteiger partial charge in [-0.05, 0) is 31.5 Å². The van der Waals surface area contributed by atoms with Crippen LogP contribution in [0.4, 0.5) is 10.2 Å². The Morgan fingerprint density at radius 3 is 2.90 bits per heavy atom. The molecule has 2 aromatic heterocycles. The van der Waals surface area contributed by atoms with Crippen molar-refractivity contribution in [2.75, 3.05) is 5.73 Å².